The zero-order chi connectivity index (χ0) is 11.4. The predicted octanol–water partition coefficient (Wildman–Crippen LogP) is 2.51. The Morgan fingerprint density at radius 2 is 2.20 bits per heavy atom. The van der Waals surface area contributed by atoms with Gasteiger partial charge in [-0.15, -0.1) is 0 Å². The van der Waals surface area contributed by atoms with Crippen molar-refractivity contribution in [2.75, 3.05) is 0 Å². The predicted molar refractivity (Wildman–Crippen MR) is 60.9 cm³/mol. The van der Waals surface area contributed by atoms with Crippen molar-refractivity contribution in [1.29, 1.82) is 0 Å². The zero-order valence-corrected chi connectivity index (χ0v) is 9.87. The molecular formula is C11H19N3O. The molecule has 1 unspecified atom stereocenters. The fraction of sp³-hybridized carbons (Fsp3) is 0.636. The maximum atomic E-state index is 5.79. The Bertz CT molecular complexity index is 335. The number of aliphatic imine (C=N–C) groups is 1. The first-order chi connectivity index (χ1) is 7.06. The summed E-state index contributed by atoms with van der Waals surface area (Å²) in [4.78, 5) is 4.43. The topological polar surface area (TPSA) is 64.4 Å². The number of hydrogen-bond donors (Lipinski definition) is 1. The summed E-state index contributed by atoms with van der Waals surface area (Å²) in [6.45, 7) is 7.92. The smallest absolute Gasteiger partial charge is 0.139 e. The number of aryl methyl sites for hydroxylation is 2. The SMILES string of the molecule is CCCC(N)=NC(C)c1c(C)noc1C. The molecule has 0 aliphatic rings. The first-order valence-electron chi connectivity index (χ1n) is 5.31. The second kappa shape index (κ2) is 4.96. The molecule has 1 rings (SSSR count). The van der Waals surface area contributed by atoms with Crippen molar-refractivity contribution in [2.45, 2.75) is 46.6 Å². The minimum Gasteiger partial charge on any atom is -0.387 e. The summed E-state index contributed by atoms with van der Waals surface area (Å²) in [7, 11) is 0. The number of nitrogens with two attached hydrogens (primary N) is 1. The van der Waals surface area contributed by atoms with E-state index in [-0.39, 0.29) is 6.04 Å². The summed E-state index contributed by atoms with van der Waals surface area (Å²) in [5.74, 6) is 1.53. The van der Waals surface area contributed by atoms with Gasteiger partial charge in [0.25, 0.3) is 0 Å². The number of nitrogens with zero attached hydrogens (tertiary/aromatic N) is 2. The summed E-state index contributed by atoms with van der Waals surface area (Å²) >= 11 is 0. The summed E-state index contributed by atoms with van der Waals surface area (Å²) in [5.41, 5.74) is 7.74. The van der Waals surface area contributed by atoms with E-state index >= 15 is 0 Å². The minimum absolute atomic E-state index is 0.0304. The Hall–Kier alpha value is -1.32. The largest absolute Gasteiger partial charge is 0.387 e. The number of aromatic nitrogens is 1. The summed E-state index contributed by atoms with van der Waals surface area (Å²) in [5, 5.41) is 3.91. The van der Waals surface area contributed by atoms with Crippen molar-refractivity contribution in [3.63, 3.8) is 0 Å². The third-order valence-corrected chi connectivity index (χ3v) is 2.37. The van der Waals surface area contributed by atoms with Crippen LogP contribution in [0.5, 0.6) is 0 Å². The number of amidine groups is 1. The first kappa shape index (κ1) is 11.8. The van der Waals surface area contributed by atoms with Gasteiger partial charge in [-0.05, 0) is 27.2 Å². The van der Waals surface area contributed by atoms with Crippen LogP contribution in [-0.4, -0.2) is 11.0 Å². The molecule has 15 heavy (non-hydrogen) atoms. The molecule has 84 valence electrons. The van der Waals surface area contributed by atoms with Gasteiger partial charge in [0.05, 0.1) is 17.6 Å². The third-order valence-electron chi connectivity index (χ3n) is 2.37. The fourth-order valence-electron chi connectivity index (χ4n) is 1.72. The molecule has 0 aromatic carbocycles. The van der Waals surface area contributed by atoms with E-state index in [1.165, 1.54) is 0 Å². The van der Waals surface area contributed by atoms with Crippen molar-refractivity contribution >= 4 is 5.84 Å². The highest BCUT2D eigenvalue weighted by molar-refractivity contribution is 5.80. The zero-order valence-electron chi connectivity index (χ0n) is 9.87. The monoisotopic (exact) mass is 209 g/mol. The molecule has 1 atom stereocenters. The van der Waals surface area contributed by atoms with Crippen LogP contribution in [0.3, 0.4) is 0 Å². The van der Waals surface area contributed by atoms with Crippen LogP contribution in [0.4, 0.5) is 0 Å². The third kappa shape index (κ3) is 2.81. The average molecular weight is 209 g/mol. The van der Waals surface area contributed by atoms with Crippen molar-refractivity contribution in [1.82, 2.24) is 5.16 Å². The van der Waals surface area contributed by atoms with Crippen LogP contribution in [-0.2, 0) is 0 Å². The molecule has 0 fully saturated rings. The van der Waals surface area contributed by atoms with Crippen LogP contribution >= 0.6 is 0 Å². The maximum Gasteiger partial charge on any atom is 0.139 e. The normalized spacial score (nSPS) is 14.3. The molecule has 0 saturated carbocycles. The highest BCUT2D eigenvalue weighted by Crippen LogP contribution is 2.24. The lowest BCUT2D eigenvalue weighted by molar-refractivity contribution is 0.391. The molecule has 0 aliphatic carbocycles. The van der Waals surface area contributed by atoms with E-state index in [1.807, 2.05) is 20.8 Å². The van der Waals surface area contributed by atoms with E-state index in [0.717, 1.165) is 29.9 Å². The molecule has 0 radical (unpaired) electrons. The molecule has 0 spiro atoms. The first-order valence-corrected chi connectivity index (χ1v) is 5.31. The van der Waals surface area contributed by atoms with E-state index in [4.69, 9.17) is 10.3 Å². The van der Waals surface area contributed by atoms with Crippen LogP contribution in [0.1, 0.15) is 49.7 Å². The summed E-state index contributed by atoms with van der Waals surface area (Å²) in [6.07, 6.45) is 1.86. The van der Waals surface area contributed by atoms with Gasteiger partial charge >= 0.3 is 0 Å². The van der Waals surface area contributed by atoms with Crippen molar-refractivity contribution in [3.8, 4) is 0 Å². The van der Waals surface area contributed by atoms with E-state index in [2.05, 4.69) is 17.1 Å². The van der Waals surface area contributed by atoms with Gasteiger partial charge in [0, 0.05) is 12.0 Å². The van der Waals surface area contributed by atoms with Gasteiger partial charge in [-0.1, -0.05) is 12.1 Å². The van der Waals surface area contributed by atoms with Crippen molar-refractivity contribution < 1.29 is 4.52 Å². The summed E-state index contributed by atoms with van der Waals surface area (Å²) in [6, 6.07) is 0.0304. The molecule has 1 aromatic rings. The molecule has 0 saturated heterocycles. The molecule has 1 heterocycles. The van der Waals surface area contributed by atoms with Crippen LogP contribution in [0.25, 0.3) is 0 Å². The van der Waals surface area contributed by atoms with Crippen molar-refractivity contribution in [2.24, 2.45) is 10.7 Å². The standard InChI is InChI=1S/C11H19N3O/c1-5-6-10(12)13-7(2)11-8(3)14-15-9(11)4/h7H,5-6H2,1-4H3,(H2,12,13). The van der Waals surface area contributed by atoms with Crippen molar-refractivity contribution in [3.05, 3.63) is 17.0 Å². The van der Waals surface area contributed by atoms with Gasteiger partial charge in [0.1, 0.15) is 5.76 Å². The lowest BCUT2D eigenvalue weighted by atomic mass is 10.1. The molecule has 1 aromatic heterocycles. The molecule has 0 amide bonds. The van der Waals surface area contributed by atoms with Gasteiger partial charge in [-0.25, -0.2) is 0 Å². The molecule has 0 bridgehead atoms. The van der Waals surface area contributed by atoms with Gasteiger partial charge in [-0.2, -0.15) is 0 Å². The number of rotatable bonds is 4. The second-order valence-corrected chi connectivity index (χ2v) is 3.78. The quantitative estimate of drug-likeness (QED) is 0.612. The lowest BCUT2D eigenvalue weighted by Crippen LogP contribution is -2.12. The van der Waals surface area contributed by atoms with Crippen LogP contribution in [0.2, 0.25) is 0 Å². The van der Waals surface area contributed by atoms with Gasteiger partial charge in [-0.3, -0.25) is 4.99 Å². The van der Waals surface area contributed by atoms with Gasteiger partial charge in [0.15, 0.2) is 0 Å². The maximum absolute atomic E-state index is 5.79. The Balaban J connectivity index is 2.85. The Morgan fingerprint density at radius 1 is 1.53 bits per heavy atom. The Kier molecular flexibility index (Phi) is 3.88. The van der Waals surface area contributed by atoms with E-state index in [1.54, 1.807) is 0 Å². The Morgan fingerprint density at radius 3 is 2.67 bits per heavy atom. The molecular weight excluding hydrogens is 190 g/mol. The molecule has 2 N–H and O–H groups in total. The van der Waals surface area contributed by atoms with Gasteiger partial charge in [0.2, 0.25) is 0 Å². The van der Waals surface area contributed by atoms with E-state index < -0.39 is 0 Å². The Labute approximate surface area is 90.6 Å². The van der Waals surface area contributed by atoms with Crippen LogP contribution in [0.15, 0.2) is 9.52 Å². The highest BCUT2D eigenvalue weighted by Gasteiger charge is 2.15. The lowest BCUT2D eigenvalue weighted by Gasteiger charge is -2.07. The van der Waals surface area contributed by atoms with Crippen LogP contribution in [0, 0.1) is 13.8 Å². The second-order valence-electron chi connectivity index (χ2n) is 3.78. The fourth-order valence-corrected chi connectivity index (χ4v) is 1.72. The molecule has 4 nitrogen and oxygen atoms in total. The highest BCUT2D eigenvalue weighted by atomic mass is 16.5. The average Bonchev–Trinajstić information content (AvgIpc) is 2.46. The summed E-state index contributed by atoms with van der Waals surface area (Å²) < 4.78 is 5.10. The minimum atomic E-state index is 0.0304. The van der Waals surface area contributed by atoms with Gasteiger partial charge < -0.3 is 10.3 Å². The van der Waals surface area contributed by atoms with E-state index in [9.17, 15) is 0 Å². The molecule has 0 aliphatic heterocycles. The van der Waals surface area contributed by atoms with Crippen LogP contribution < -0.4 is 5.73 Å². The molecule has 4 heteroatoms. The van der Waals surface area contributed by atoms with E-state index in [0.29, 0.717) is 5.84 Å². The number of hydrogen-bond acceptors (Lipinski definition) is 3.